The lowest BCUT2D eigenvalue weighted by Gasteiger charge is -2.35. The average molecular weight is 578 g/mol. The average Bonchev–Trinajstić information content (AvgIpc) is 3.39. The fourth-order valence-corrected chi connectivity index (χ4v) is 6.18. The molecule has 2 aliphatic rings. The van der Waals surface area contributed by atoms with E-state index < -0.39 is 41.4 Å². The maximum Gasteiger partial charge on any atom is 0.309 e. The van der Waals surface area contributed by atoms with Crippen molar-refractivity contribution in [2.45, 2.75) is 124 Å². The second kappa shape index (κ2) is 12.9. The molecule has 0 bridgehead atoms. The van der Waals surface area contributed by atoms with Crippen LogP contribution < -0.4 is 0 Å². The number of carbonyl (C=O) groups is 2. The van der Waals surface area contributed by atoms with E-state index in [4.69, 9.17) is 14.2 Å². The van der Waals surface area contributed by atoms with E-state index in [9.17, 15) is 19.8 Å². The molecule has 224 valence electrons. The Morgan fingerprint density at radius 2 is 1.73 bits per heavy atom. The smallest absolute Gasteiger partial charge is 0.309 e. The van der Waals surface area contributed by atoms with Crippen LogP contribution >= 0.6 is 11.3 Å². The number of hydrogen-bond acceptors (Lipinski definition) is 9. The molecule has 0 aliphatic carbocycles. The van der Waals surface area contributed by atoms with E-state index in [0.29, 0.717) is 19.3 Å². The number of ketones is 1. The predicted octanol–water partition coefficient (Wildman–Crippen LogP) is 5.40. The zero-order chi connectivity index (χ0) is 30.0. The van der Waals surface area contributed by atoms with Gasteiger partial charge in [0.15, 0.2) is 5.79 Å². The minimum atomic E-state index is -1.27. The number of aliphatic hydroxyl groups excluding tert-OH is 2. The van der Waals surface area contributed by atoms with Crippen LogP contribution in [0.2, 0.25) is 0 Å². The fraction of sp³-hybridized carbons (Fsp3) is 0.710. The zero-order valence-electron chi connectivity index (χ0n) is 25.4. The largest absolute Gasteiger partial charge is 0.457 e. The number of cyclic esters (lactones) is 1. The quantitative estimate of drug-likeness (QED) is 0.355. The molecule has 1 fully saturated rings. The van der Waals surface area contributed by atoms with E-state index in [2.05, 4.69) is 11.1 Å². The van der Waals surface area contributed by atoms with Crippen LogP contribution in [0, 0.1) is 24.2 Å². The Morgan fingerprint density at radius 3 is 2.35 bits per heavy atom. The van der Waals surface area contributed by atoms with Crippen molar-refractivity contribution in [3.05, 3.63) is 33.3 Å². The molecule has 40 heavy (non-hydrogen) atoms. The van der Waals surface area contributed by atoms with E-state index in [-0.39, 0.29) is 30.3 Å². The maximum atomic E-state index is 13.5. The Kier molecular flexibility index (Phi) is 10.6. The fourth-order valence-electron chi connectivity index (χ4n) is 5.61. The van der Waals surface area contributed by atoms with Gasteiger partial charge in [0.05, 0.1) is 47.0 Å². The van der Waals surface area contributed by atoms with Crippen molar-refractivity contribution in [1.29, 1.82) is 0 Å². The van der Waals surface area contributed by atoms with Crippen molar-refractivity contribution in [1.82, 2.24) is 4.98 Å². The Balaban J connectivity index is 1.96. The summed E-state index contributed by atoms with van der Waals surface area (Å²) in [6, 6.07) is 0. The summed E-state index contributed by atoms with van der Waals surface area (Å²) in [7, 11) is 0. The summed E-state index contributed by atoms with van der Waals surface area (Å²) >= 11 is 1.55. The molecule has 1 aromatic rings. The van der Waals surface area contributed by atoms with Gasteiger partial charge in [0.2, 0.25) is 0 Å². The Morgan fingerprint density at radius 1 is 1.07 bits per heavy atom. The van der Waals surface area contributed by atoms with E-state index in [0.717, 1.165) is 21.8 Å². The highest BCUT2D eigenvalue weighted by Crippen LogP contribution is 2.37. The highest BCUT2D eigenvalue weighted by Gasteiger charge is 2.45. The lowest BCUT2D eigenvalue weighted by Crippen LogP contribution is -2.46. The molecule has 7 atom stereocenters. The highest BCUT2D eigenvalue weighted by molar-refractivity contribution is 7.09. The summed E-state index contributed by atoms with van der Waals surface area (Å²) in [5, 5.41) is 25.1. The minimum Gasteiger partial charge on any atom is -0.457 e. The van der Waals surface area contributed by atoms with Crippen molar-refractivity contribution in [2.24, 2.45) is 17.3 Å². The predicted molar refractivity (Wildman–Crippen MR) is 156 cm³/mol. The van der Waals surface area contributed by atoms with Crippen LogP contribution in [0.1, 0.15) is 91.8 Å². The first-order chi connectivity index (χ1) is 18.5. The molecule has 1 saturated heterocycles. The number of nitrogens with zero attached hydrogens (tertiary/aromatic N) is 1. The van der Waals surface area contributed by atoms with Gasteiger partial charge in [0.25, 0.3) is 0 Å². The molecule has 3 heterocycles. The van der Waals surface area contributed by atoms with Crippen LogP contribution in [0.5, 0.6) is 0 Å². The van der Waals surface area contributed by atoms with E-state index in [1.165, 1.54) is 0 Å². The first-order valence-electron chi connectivity index (χ1n) is 14.2. The van der Waals surface area contributed by atoms with Gasteiger partial charge in [0, 0.05) is 17.7 Å². The summed E-state index contributed by atoms with van der Waals surface area (Å²) in [5.74, 6) is -2.67. The van der Waals surface area contributed by atoms with Crippen molar-refractivity contribution in [3.8, 4) is 0 Å². The van der Waals surface area contributed by atoms with Crippen molar-refractivity contribution >= 4 is 29.2 Å². The molecule has 0 radical (unpaired) electrons. The molecule has 0 saturated carbocycles. The van der Waals surface area contributed by atoms with Crippen LogP contribution in [0.3, 0.4) is 0 Å². The molecule has 2 aliphatic heterocycles. The maximum absolute atomic E-state index is 13.5. The monoisotopic (exact) mass is 577 g/mol. The third-order valence-electron chi connectivity index (χ3n) is 8.22. The molecular formula is C31H47NO7S. The number of thiazole rings is 1. The van der Waals surface area contributed by atoms with Gasteiger partial charge in [-0.25, -0.2) is 4.98 Å². The molecule has 2 N–H and O–H groups in total. The number of aromatic nitrogens is 1. The number of aryl methyl sites for hydroxylation is 1. The molecule has 0 amide bonds. The summed E-state index contributed by atoms with van der Waals surface area (Å²) in [6.07, 6.45) is 1.93. The summed E-state index contributed by atoms with van der Waals surface area (Å²) in [4.78, 5) is 31.1. The number of ether oxygens (including phenoxy) is 3. The van der Waals surface area contributed by atoms with Gasteiger partial charge >= 0.3 is 5.97 Å². The SMILES string of the molecule is C/C1=C/C[C@@H](/C(C)=C/c2csc(C)n2)OC(=O)C[C@H](O)C(C)(C)C(=O)[C@H](C)[C@@H](O)[C@@H](C)CC2OC(C)(C)OC2C1. The summed E-state index contributed by atoms with van der Waals surface area (Å²) < 4.78 is 18.4. The van der Waals surface area contributed by atoms with Gasteiger partial charge in [0.1, 0.15) is 11.9 Å². The lowest BCUT2D eigenvalue weighted by molar-refractivity contribution is -0.155. The summed E-state index contributed by atoms with van der Waals surface area (Å²) in [5.41, 5.74) is 1.43. The van der Waals surface area contributed by atoms with Crippen molar-refractivity contribution < 1.29 is 34.0 Å². The second-order valence-electron chi connectivity index (χ2n) is 12.7. The van der Waals surface area contributed by atoms with Gasteiger partial charge in [-0.3, -0.25) is 9.59 Å². The van der Waals surface area contributed by atoms with Crippen molar-refractivity contribution in [3.63, 3.8) is 0 Å². The minimum absolute atomic E-state index is 0.225. The standard InChI is InChI=1S/C31H47NO7S/c1-17-10-11-23(18(2)13-22-16-40-21(5)32-22)37-27(34)15-26(33)30(6,7)29(36)20(4)28(35)19(3)14-25-24(12-17)38-31(8,9)39-25/h10,13,16,19-20,23-26,28,33,35H,11-12,14-15H2,1-9H3/b17-10-,18-13+/t19-,20+,23-,24?,25?,26-,28-/m0/s1. The van der Waals surface area contributed by atoms with Crippen LogP contribution in [-0.2, 0) is 23.8 Å². The number of fused-ring (bicyclic) bond motifs is 1. The summed E-state index contributed by atoms with van der Waals surface area (Å²) in [6.45, 7) is 16.4. The Bertz CT molecular complexity index is 1120. The Labute approximate surface area is 242 Å². The molecule has 0 aromatic carbocycles. The molecule has 2 unspecified atom stereocenters. The van der Waals surface area contributed by atoms with Gasteiger partial charge < -0.3 is 24.4 Å². The second-order valence-corrected chi connectivity index (χ2v) is 13.7. The molecule has 3 rings (SSSR count). The van der Waals surface area contributed by atoms with Gasteiger partial charge in [-0.1, -0.05) is 39.3 Å². The van der Waals surface area contributed by atoms with Gasteiger partial charge in [-0.2, -0.15) is 0 Å². The van der Waals surface area contributed by atoms with Gasteiger partial charge in [-0.05, 0) is 65.0 Å². The van der Waals surface area contributed by atoms with Crippen molar-refractivity contribution in [2.75, 3.05) is 0 Å². The lowest BCUT2D eigenvalue weighted by atomic mass is 9.73. The van der Waals surface area contributed by atoms with Crippen LogP contribution in [0.4, 0.5) is 0 Å². The number of aliphatic hydroxyl groups is 2. The van der Waals surface area contributed by atoms with Crippen LogP contribution in [0.25, 0.3) is 6.08 Å². The number of Topliss-reactive ketones (excluding diaryl/α,β-unsaturated/α-hetero) is 1. The Hall–Kier alpha value is -1.91. The number of rotatable bonds is 2. The number of esters is 1. The van der Waals surface area contributed by atoms with Crippen LogP contribution in [0.15, 0.2) is 22.6 Å². The molecular weight excluding hydrogens is 530 g/mol. The van der Waals surface area contributed by atoms with E-state index in [1.807, 2.05) is 53.0 Å². The van der Waals surface area contributed by atoms with Crippen LogP contribution in [-0.4, -0.2) is 63.3 Å². The first-order valence-corrected chi connectivity index (χ1v) is 15.1. The first kappa shape index (κ1) is 32.6. The third kappa shape index (κ3) is 8.10. The number of hydrogen-bond donors (Lipinski definition) is 2. The van der Waals surface area contributed by atoms with E-state index in [1.54, 1.807) is 32.1 Å². The molecule has 0 spiro atoms. The highest BCUT2D eigenvalue weighted by atomic mass is 32.1. The topological polar surface area (TPSA) is 115 Å². The number of carbonyl (C=O) groups excluding carboxylic acids is 2. The molecule has 8 nitrogen and oxygen atoms in total. The van der Waals surface area contributed by atoms with Gasteiger partial charge in [-0.15, -0.1) is 11.3 Å². The molecule has 1 aromatic heterocycles. The van der Waals surface area contributed by atoms with E-state index >= 15 is 0 Å². The third-order valence-corrected chi connectivity index (χ3v) is 9.02. The molecule has 9 heteroatoms. The zero-order valence-corrected chi connectivity index (χ0v) is 26.2. The normalized spacial score (nSPS) is 35.8.